The average molecular weight is 242 g/mol. The molecule has 0 aromatic rings. The van der Waals surface area contributed by atoms with Crippen LogP contribution in [0.5, 0.6) is 0 Å². The van der Waals surface area contributed by atoms with Crippen LogP contribution >= 0.6 is 0 Å². The predicted molar refractivity (Wildman–Crippen MR) is 56.8 cm³/mol. The van der Waals surface area contributed by atoms with E-state index in [-0.39, 0.29) is 24.0 Å². The van der Waals surface area contributed by atoms with Crippen molar-refractivity contribution < 1.29 is 24.5 Å². The summed E-state index contributed by atoms with van der Waals surface area (Å²) in [5.74, 6) is 0.187. The summed E-state index contributed by atoms with van der Waals surface area (Å²) in [6, 6.07) is 0. The molecule has 2 N–H and O–H groups in total. The Balaban J connectivity index is 1.73. The summed E-state index contributed by atoms with van der Waals surface area (Å²) in [6.07, 6.45) is 0.621. The molecule has 5 heteroatoms. The highest BCUT2D eigenvalue weighted by Crippen LogP contribution is 2.56. The molecule has 17 heavy (non-hydrogen) atoms. The molecule has 3 aliphatic rings. The number of rotatable bonds is 2. The zero-order valence-electron chi connectivity index (χ0n) is 10.00. The topological polar surface area (TPSA) is 76.0 Å². The molecule has 1 saturated heterocycles. The number of esters is 1. The molecule has 1 aliphatic heterocycles. The van der Waals surface area contributed by atoms with Crippen LogP contribution in [0.15, 0.2) is 0 Å². The number of carbonyl (C=O) groups is 1. The van der Waals surface area contributed by atoms with Gasteiger partial charge in [0.25, 0.3) is 0 Å². The molecule has 0 spiro atoms. The van der Waals surface area contributed by atoms with Crippen molar-refractivity contribution in [3.05, 3.63) is 0 Å². The van der Waals surface area contributed by atoms with Crippen LogP contribution < -0.4 is 0 Å². The van der Waals surface area contributed by atoms with Gasteiger partial charge in [-0.1, -0.05) is 0 Å². The third-order valence-electron chi connectivity index (χ3n) is 4.32. The molecule has 3 rings (SSSR count). The van der Waals surface area contributed by atoms with E-state index in [0.29, 0.717) is 5.92 Å². The van der Waals surface area contributed by atoms with Crippen molar-refractivity contribution in [1.29, 1.82) is 0 Å². The molecule has 1 heterocycles. The Morgan fingerprint density at radius 1 is 1.35 bits per heavy atom. The Labute approximate surface area is 99.7 Å². The minimum atomic E-state index is -1.47. The lowest BCUT2D eigenvalue weighted by molar-refractivity contribution is -0.180. The molecular weight excluding hydrogens is 224 g/mol. The van der Waals surface area contributed by atoms with E-state index in [0.717, 1.165) is 12.8 Å². The zero-order valence-corrected chi connectivity index (χ0v) is 10.00. The van der Waals surface area contributed by atoms with Gasteiger partial charge in [0.1, 0.15) is 12.2 Å². The second-order valence-electron chi connectivity index (χ2n) is 5.98. The van der Waals surface area contributed by atoms with E-state index in [2.05, 4.69) is 0 Å². The molecule has 0 aromatic heterocycles. The summed E-state index contributed by atoms with van der Waals surface area (Å²) < 4.78 is 10.8. The van der Waals surface area contributed by atoms with Gasteiger partial charge in [0, 0.05) is 5.92 Å². The highest BCUT2D eigenvalue weighted by Gasteiger charge is 2.62. The fourth-order valence-corrected chi connectivity index (χ4v) is 3.50. The maximum Gasteiger partial charge on any atom is 0.337 e. The second-order valence-corrected chi connectivity index (χ2v) is 5.98. The van der Waals surface area contributed by atoms with Crippen molar-refractivity contribution in [3.63, 3.8) is 0 Å². The minimum absolute atomic E-state index is 0.181. The number of ether oxygens (including phenoxy) is 2. The third kappa shape index (κ3) is 1.60. The summed E-state index contributed by atoms with van der Waals surface area (Å²) in [5, 5.41) is 19.3. The van der Waals surface area contributed by atoms with Gasteiger partial charge < -0.3 is 19.7 Å². The lowest BCUT2D eigenvalue weighted by atomic mass is 9.87. The van der Waals surface area contributed by atoms with Crippen LogP contribution in [0.3, 0.4) is 0 Å². The largest absolute Gasteiger partial charge is 0.457 e. The highest BCUT2D eigenvalue weighted by atomic mass is 16.6. The molecule has 6 atom stereocenters. The quantitative estimate of drug-likeness (QED) is 0.669. The van der Waals surface area contributed by atoms with E-state index < -0.39 is 17.9 Å². The highest BCUT2D eigenvalue weighted by molar-refractivity contribution is 5.78. The number of aliphatic hydroxyl groups is 2. The van der Waals surface area contributed by atoms with Crippen LogP contribution in [-0.4, -0.2) is 40.3 Å². The molecule has 2 bridgehead atoms. The maximum absolute atomic E-state index is 11.7. The van der Waals surface area contributed by atoms with Crippen molar-refractivity contribution in [2.24, 2.45) is 17.8 Å². The molecule has 2 saturated carbocycles. The van der Waals surface area contributed by atoms with Crippen LogP contribution in [-0.2, 0) is 14.3 Å². The number of fused-ring (bicyclic) bond motifs is 1. The fraction of sp³-hybridized carbons (Fsp3) is 0.917. The SMILES string of the molecule is CC(C)(O)C(=O)OC1C2CC3C1O[C@H](O)C3C2. The van der Waals surface area contributed by atoms with Gasteiger partial charge >= 0.3 is 5.97 Å². The minimum Gasteiger partial charge on any atom is -0.457 e. The van der Waals surface area contributed by atoms with E-state index in [4.69, 9.17) is 9.47 Å². The Hall–Kier alpha value is -0.650. The first-order chi connectivity index (χ1) is 7.88. The van der Waals surface area contributed by atoms with Crippen molar-refractivity contribution in [3.8, 4) is 0 Å². The summed E-state index contributed by atoms with van der Waals surface area (Å²) >= 11 is 0. The molecule has 0 radical (unpaired) electrons. The van der Waals surface area contributed by atoms with Crippen LogP contribution in [0.1, 0.15) is 26.7 Å². The summed E-state index contributed by atoms with van der Waals surface area (Å²) in [4.78, 5) is 11.7. The van der Waals surface area contributed by atoms with Gasteiger partial charge in [-0.15, -0.1) is 0 Å². The molecule has 96 valence electrons. The number of hydrogen-bond acceptors (Lipinski definition) is 5. The van der Waals surface area contributed by atoms with Gasteiger partial charge in [0.15, 0.2) is 11.9 Å². The Kier molecular flexibility index (Phi) is 2.31. The number of carbonyl (C=O) groups excluding carboxylic acids is 1. The average Bonchev–Trinajstić information content (AvgIpc) is 2.80. The first-order valence-corrected chi connectivity index (χ1v) is 6.15. The van der Waals surface area contributed by atoms with Gasteiger partial charge in [-0.25, -0.2) is 4.79 Å². The first kappa shape index (κ1) is 11.4. The Bertz CT molecular complexity index is 347. The summed E-state index contributed by atoms with van der Waals surface area (Å²) in [7, 11) is 0. The van der Waals surface area contributed by atoms with Crippen LogP contribution in [0.2, 0.25) is 0 Å². The maximum atomic E-state index is 11.7. The zero-order chi connectivity index (χ0) is 12.4. The Morgan fingerprint density at radius 3 is 2.65 bits per heavy atom. The smallest absolute Gasteiger partial charge is 0.337 e. The summed E-state index contributed by atoms with van der Waals surface area (Å²) in [6.45, 7) is 2.82. The molecule has 3 fully saturated rings. The molecule has 2 aliphatic carbocycles. The standard InChI is InChI=1S/C12H18O5/c1-12(2,15)11(14)17-8-5-3-6-7(4-5)10(13)16-9(6)8/h5-10,13,15H,3-4H2,1-2H3/t5?,6?,7?,8?,9?,10-/m0/s1. The van der Waals surface area contributed by atoms with E-state index in [1.165, 1.54) is 13.8 Å². The molecule has 5 unspecified atom stereocenters. The van der Waals surface area contributed by atoms with Gasteiger partial charge in [-0.05, 0) is 38.5 Å². The Morgan fingerprint density at radius 2 is 2.00 bits per heavy atom. The van der Waals surface area contributed by atoms with Crippen LogP contribution in [0, 0.1) is 17.8 Å². The third-order valence-corrected chi connectivity index (χ3v) is 4.32. The van der Waals surface area contributed by atoms with Gasteiger partial charge in [0.2, 0.25) is 0 Å². The number of hydrogen-bond donors (Lipinski definition) is 2. The molecule has 0 aromatic carbocycles. The first-order valence-electron chi connectivity index (χ1n) is 6.15. The fourth-order valence-electron chi connectivity index (χ4n) is 3.50. The van der Waals surface area contributed by atoms with Crippen molar-refractivity contribution in [2.75, 3.05) is 0 Å². The monoisotopic (exact) mass is 242 g/mol. The molecular formula is C12H18O5. The van der Waals surface area contributed by atoms with E-state index in [9.17, 15) is 15.0 Å². The van der Waals surface area contributed by atoms with E-state index >= 15 is 0 Å². The van der Waals surface area contributed by atoms with Gasteiger partial charge in [-0.3, -0.25) is 0 Å². The predicted octanol–water partition coefficient (Wildman–Crippen LogP) is 0.0423. The van der Waals surface area contributed by atoms with E-state index in [1.807, 2.05) is 0 Å². The summed E-state index contributed by atoms with van der Waals surface area (Å²) in [5.41, 5.74) is -1.47. The lowest BCUT2D eigenvalue weighted by Gasteiger charge is -2.28. The molecule has 0 amide bonds. The van der Waals surface area contributed by atoms with Crippen molar-refractivity contribution in [1.82, 2.24) is 0 Å². The van der Waals surface area contributed by atoms with Crippen molar-refractivity contribution in [2.45, 2.75) is 50.8 Å². The van der Waals surface area contributed by atoms with Gasteiger partial charge in [-0.2, -0.15) is 0 Å². The van der Waals surface area contributed by atoms with E-state index in [1.54, 1.807) is 0 Å². The second kappa shape index (κ2) is 3.43. The lowest BCUT2D eigenvalue weighted by Crippen LogP contribution is -2.42. The van der Waals surface area contributed by atoms with Gasteiger partial charge in [0.05, 0.1) is 0 Å². The van der Waals surface area contributed by atoms with Crippen LogP contribution in [0.4, 0.5) is 0 Å². The van der Waals surface area contributed by atoms with Crippen LogP contribution in [0.25, 0.3) is 0 Å². The van der Waals surface area contributed by atoms with Crippen molar-refractivity contribution >= 4 is 5.97 Å². The normalized spacial score (nSPS) is 47.5. The molecule has 5 nitrogen and oxygen atoms in total. The number of aliphatic hydroxyl groups excluding tert-OH is 1.